The molecule has 6 heteroatoms. The summed E-state index contributed by atoms with van der Waals surface area (Å²) < 4.78 is 1.98. The Hall–Kier alpha value is -3.80. The monoisotopic (exact) mass is 387 g/mol. The molecule has 0 atom stereocenters. The molecule has 0 amide bonds. The van der Waals surface area contributed by atoms with Gasteiger partial charge >= 0.3 is 5.97 Å². The third kappa shape index (κ3) is 2.81. The lowest BCUT2D eigenvalue weighted by Gasteiger charge is -2.15. The lowest BCUT2D eigenvalue weighted by Crippen LogP contribution is -2.31. The highest BCUT2D eigenvalue weighted by Crippen LogP contribution is 2.38. The van der Waals surface area contributed by atoms with Crippen LogP contribution >= 0.6 is 0 Å². The summed E-state index contributed by atoms with van der Waals surface area (Å²) in [6.45, 7) is 3.63. The van der Waals surface area contributed by atoms with Gasteiger partial charge in [0.1, 0.15) is 7.05 Å². The first-order valence-corrected chi connectivity index (χ1v) is 9.14. The largest absolute Gasteiger partial charge is 0.478 e. The average molecular weight is 387 g/mol. The Morgan fingerprint density at radius 2 is 1.62 bits per heavy atom. The van der Waals surface area contributed by atoms with Gasteiger partial charge in [-0.3, -0.25) is 10.1 Å². The van der Waals surface area contributed by atoms with Crippen LogP contribution in [-0.4, -0.2) is 16.0 Å². The molecule has 0 bridgehead atoms. The lowest BCUT2D eigenvalue weighted by molar-refractivity contribution is -0.617. The van der Waals surface area contributed by atoms with Crippen molar-refractivity contribution in [3.05, 3.63) is 81.4 Å². The smallest absolute Gasteiger partial charge is 0.337 e. The van der Waals surface area contributed by atoms with Gasteiger partial charge in [0.15, 0.2) is 0 Å². The van der Waals surface area contributed by atoms with E-state index in [1.165, 1.54) is 12.1 Å². The maximum atomic E-state index is 12.3. The van der Waals surface area contributed by atoms with E-state index >= 15 is 0 Å². The van der Waals surface area contributed by atoms with E-state index in [1.54, 1.807) is 0 Å². The molecule has 6 nitrogen and oxygen atoms in total. The summed E-state index contributed by atoms with van der Waals surface area (Å²) in [6.07, 6.45) is 0. The molecule has 0 unspecified atom stereocenters. The number of aromatic carboxylic acids is 1. The minimum absolute atomic E-state index is 0.0263. The molecule has 1 N–H and O–H groups in total. The Balaban J connectivity index is 2.22. The quantitative estimate of drug-likeness (QED) is 0.239. The summed E-state index contributed by atoms with van der Waals surface area (Å²) in [7, 11) is 1.91. The molecule has 1 aromatic heterocycles. The number of carboxylic acids is 1. The number of aromatic nitrogens is 1. The maximum Gasteiger partial charge on any atom is 0.337 e. The molecule has 0 saturated carbocycles. The van der Waals surface area contributed by atoms with Crippen LogP contribution in [0.3, 0.4) is 0 Å². The van der Waals surface area contributed by atoms with Gasteiger partial charge in [-0.05, 0) is 42.2 Å². The first-order chi connectivity index (χ1) is 13.8. The molecule has 0 aliphatic rings. The van der Waals surface area contributed by atoms with Gasteiger partial charge in [0.25, 0.3) is 5.69 Å². The Bertz CT molecular complexity index is 1320. The van der Waals surface area contributed by atoms with Gasteiger partial charge in [-0.15, -0.1) is 0 Å². The Labute approximate surface area is 166 Å². The maximum absolute atomic E-state index is 12.3. The minimum Gasteiger partial charge on any atom is -0.478 e. The zero-order chi connectivity index (χ0) is 20.9. The number of aryl methyl sites for hydroxylation is 3. The second kappa shape index (κ2) is 6.67. The Morgan fingerprint density at radius 3 is 2.24 bits per heavy atom. The predicted octanol–water partition coefficient (Wildman–Crippen LogP) is 4.71. The SMILES string of the molecule is Cc1cc([N+](=O)[O-])cc(C)c1-c1cccc2c1c(C(=O)O)c1ccccc1[n+]2C. The van der Waals surface area contributed by atoms with Crippen molar-refractivity contribution in [1.29, 1.82) is 0 Å². The highest BCUT2D eigenvalue weighted by Gasteiger charge is 2.26. The third-order valence-electron chi connectivity index (χ3n) is 5.40. The molecule has 1 heterocycles. The second-order valence-corrected chi connectivity index (χ2v) is 7.17. The number of benzene rings is 3. The summed E-state index contributed by atoms with van der Waals surface area (Å²) in [4.78, 5) is 23.1. The molecule has 0 aliphatic carbocycles. The van der Waals surface area contributed by atoms with E-state index in [9.17, 15) is 20.0 Å². The van der Waals surface area contributed by atoms with Gasteiger partial charge in [-0.2, -0.15) is 4.57 Å². The summed E-state index contributed by atoms with van der Waals surface area (Å²) in [5.74, 6) is -1.00. The van der Waals surface area contributed by atoms with Gasteiger partial charge in [0, 0.05) is 24.3 Å². The van der Waals surface area contributed by atoms with Crippen LogP contribution in [0.15, 0.2) is 54.6 Å². The Kier molecular flexibility index (Phi) is 4.27. The van der Waals surface area contributed by atoms with E-state index in [2.05, 4.69) is 0 Å². The van der Waals surface area contributed by atoms with Crippen molar-refractivity contribution in [3.8, 4) is 11.1 Å². The fourth-order valence-corrected chi connectivity index (χ4v) is 4.23. The number of carboxylic acid groups (broad SMARTS) is 1. The number of rotatable bonds is 3. The highest BCUT2D eigenvalue weighted by molar-refractivity contribution is 6.16. The number of nitro groups is 1. The van der Waals surface area contributed by atoms with Crippen molar-refractivity contribution in [2.75, 3.05) is 0 Å². The van der Waals surface area contributed by atoms with Gasteiger partial charge < -0.3 is 5.11 Å². The first kappa shape index (κ1) is 18.6. The third-order valence-corrected chi connectivity index (χ3v) is 5.40. The predicted molar refractivity (Wildman–Crippen MR) is 111 cm³/mol. The lowest BCUT2D eigenvalue weighted by atomic mass is 9.89. The van der Waals surface area contributed by atoms with Crippen molar-refractivity contribution in [2.24, 2.45) is 7.05 Å². The van der Waals surface area contributed by atoms with Crippen LogP contribution in [0.2, 0.25) is 0 Å². The molecule has 0 fully saturated rings. The standard InChI is InChI=1S/C23H18N2O4/c1-13-11-15(25(28)29)12-14(2)20(13)17-8-6-10-19-21(17)22(23(26)27)16-7-4-5-9-18(16)24(19)3/h4-12H,1-3H3/p+1. The number of non-ortho nitro benzene ring substituents is 1. The second-order valence-electron chi connectivity index (χ2n) is 7.17. The van der Waals surface area contributed by atoms with Crippen molar-refractivity contribution in [3.63, 3.8) is 0 Å². The van der Waals surface area contributed by atoms with E-state index in [1.807, 2.05) is 67.9 Å². The van der Waals surface area contributed by atoms with Crippen LogP contribution < -0.4 is 4.57 Å². The van der Waals surface area contributed by atoms with Crippen LogP contribution in [0.1, 0.15) is 21.5 Å². The molecule has 0 spiro atoms. The number of nitrogens with zero attached hydrogens (tertiary/aromatic N) is 2. The van der Waals surface area contributed by atoms with E-state index in [4.69, 9.17) is 0 Å². The molecule has 4 rings (SSSR count). The normalized spacial score (nSPS) is 11.1. The van der Waals surface area contributed by atoms with Gasteiger partial charge in [-0.25, -0.2) is 4.79 Å². The zero-order valence-electron chi connectivity index (χ0n) is 16.3. The number of para-hydroxylation sites is 1. The van der Waals surface area contributed by atoms with E-state index in [0.29, 0.717) is 10.8 Å². The average Bonchev–Trinajstić information content (AvgIpc) is 2.67. The van der Waals surface area contributed by atoms with Gasteiger partial charge in [0.05, 0.1) is 21.3 Å². The van der Waals surface area contributed by atoms with Crippen LogP contribution in [0.5, 0.6) is 0 Å². The molecule has 29 heavy (non-hydrogen) atoms. The van der Waals surface area contributed by atoms with Crippen molar-refractivity contribution >= 4 is 33.5 Å². The summed E-state index contributed by atoms with van der Waals surface area (Å²) >= 11 is 0. The van der Waals surface area contributed by atoms with Crippen molar-refractivity contribution in [1.82, 2.24) is 0 Å². The topological polar surface area (TPSA) is 84.3 Å². The van der Waals surface area contributed by atoms with Crippen LogP contribution in [0.25, 0.3) is 32.9 Å². The van der Waals surface area contributed by atoms with Crippen molar-refractivity contribution < 1.29 is 19.4 Å². The highest BCUT2D eigenvalue weighted by atomic mass is 16.6. The molecular formula is C23H19N2O4+. The molecule has 3 aromatic carbocycles. The van der Waals surface area contributed by atoms with Crippen LogP contribution in [0, 0.1) is 24.0 Å². The summed E-state index contributed by atoms with van der Waals surface area (Å²) in [5.41, 5.74) is 4.92. The first-order valence-electron chi connectivity index (χ1n) is 9.14. The van der Waals surface area contributed by atoms with Crippen LogP contribution in [-0.2, 0) is 7.05 Å². The molecule has 144 valence electrons. The number of hydrogen-bond acceptors (Lipinski definition) is 3. The molecular weight excluding hydrogens is 368 g/mol. The number of carbonyl (C=O) groups is 1. The summed E-state index contributed by atoms with van der Waals surface area (Å²) in [6, 6.07) is 16.1. The number of nitro benzene ring substituents is 1. The zero-order valence-corrected chi connectivity index (χ0v) is 16.3. The summed E-state index contributed by atoms with van der Waals surface area (Å²) in [5, 5.41) is 22.6. The fraction of sp³-hybridized carbons (Fsp3) is 0.130. The van der Waals surface area contributed by atoms with E-state index in [0.717, 1.165) is 33.3 Å². The minimum atomic E-state index is -1.00. The number of hydrogen-bond donors (Lipinski definition) is 1. The number of pyridine rings is 1. The fourth-order valence-electron chi connectivity index (χ4n) is 4.23. The van der Waals surface area contributed by atoms with Crippen molar-refractivity contribution in [2.45, 2.75) is 13.8 Å². The van der Waals surface area contributed by atoms with Gasteiger partial charge in [0.2, 0.25) is 11.0 Å². The molecule has 0 radical (unpaired) electrons. The molecule has 4 aromatic rings. The molecule has 0 saturated heterocycles. The number of fused-ring (bicyclic) bond motifs is 2. The Morgan fingerprint density at radius 1 is 1.00 bits per heavy atom. The van der Waals surface area contributed by atoms with E-state index in [-0.39, 0.29) is 11.3 Å². The van der Waals surface area contributed by atoms with Gasteiger partial charge in [-0.1, -0.05) is 24.3 Å². The van der Waals surface area contributed by atoms with E-state index < -0.39 is 10.9 Å². The molecule has 0 aliphatic heterocycles. The van der Waals surface area contributed by atoms with Crippen LogP contribution in [0.4, 0.5) is 5.69 Å².